The molecule has 0 fully saturated rings. The summed E-state index contributed by atoms with van der Waals surface area (Å²) in [7, 11) is -4.28. The van der Waals surface area contributed by atoms with Crippen LogP contribution in [-0.4, -0.2) is 29.7 Å². The van der Waals surface area contributed by atoms with E-state index in [1.165, 1.54) is 0 Å². The van der Waals surface area contributed by atoms with Gasteiger partial charge in [-0.3, -0.25) is 4.79 Å². The molecule has 0 spiro atoms. The number of alkyl halides is 3. The van der Waals surface area contributed by atoms with Crippen LogP contribution in [0, 0.1) is 0 Å². The van der Waals surface area contributed by atoms with Crippen LogP contribution in [0.1, 0.15) is 12.5 Å². The fourth-order valence-corrected chi connectivity index (χ4v) is 2.12. The van der Waals surface area contributed by atoms with Gasteiger partial charge in [0.25, 0.3) is 0 Å². The standard InChI is InChI=1S/C9H8F3NO4S/c1-5(8(14)15)18(16,17)7-3-2-6(4-13-7)9(10,11)12/h2-5H,1H3,(H,14,15)/t5-/m0/s1. The molecule has 0 unspecified atom stereocenters. The van der Waals surface area contributed by atoms with Gasteiger partial charge in [0.1, 0.15) is 0 Å². The van der Waals surface area contributed by atoms with Crippen molar-refractivity contribution in [2.75, 3.05) is 0 Å². The van der Waals surface area contributed by atoms with Crippen LogP contribution in [0.25, 0.3) is 0 Å². The van der Waals surface area contributed by atoms with Crippen molar-refractivity contribution in [2.45, 2.75) is 23.4 Å². The van der Waals surface area contributed by atoms with Crippen LogP contribution in [0.2, 0.25) is 0 Å². The molecule has 0 saturated heterocycles. The summed E-state index contributed by atoms with van der Waals surface area (Å²) in [5, 5.41) is 6.10. The molecule has 1 heterocycles. The van der Waals surface area contributed by atoms with Gasteiger partial charge in [0.15, 0.2) is 10.3 Å². The van der Waals surface area contributed by atoms with Gasteiger partial charge < -0.3 is 5.11 Å². The number of carbonyl (C=O) groups is 1. The molecule has 1 atom stereocenters. The molecule has 9 heteroatoms. The first-order valence-electron chi connectivity index (χ1n) is 4.57. The SMILES string of the molecule is C[C@@H](C(=O)O)S(=O)(=O)c1ccc(C(F)(F)F)cn1. The van der Waals surface area contributed by atoms with Crippen molar-refractivity contribution in [1.29, 1.82) is 0 Å². The average molecular weight is 283 g/mol. The molecule has 0 aromatic carbocycles. The summed E-state index contributed by atoms with van der Waals surface area (Å²) in [4.78, 5) is 13.7. The number of hydrogen-bond acceptors (Lipinski definition) is 4. The summed E-state index contributed by atoms with van der Waals surface area (Å²) in [6.45, 7) is 0.914. The highest BCUT2D eigenvalue weighted by Gasteiger charge is 2.34. The van der Waals surface area contributed by atoms with Gasteiger partial charge in [-0.2, -0.15) is 13.2 Å². The Balaban J connectivity index is 3.17. The van der Waals surface area contributed by atoms with Gasteiger partial charge in [0.2, 0.25) is 9.84 Å². The highest BCUT2D eigenvalue weighted by atomic mass is 32.2. The third-order valence-corrected chi connectivity index (χ3v) is 4.13. The molecule has 1 aromatic rings. The van der Waals surface area contributed by atoms with E-state index in [0.717, 1.165) is 6.92 Å². The number of sulfone groups is 1. The van der Waals surface area contributed by atoms with Gasteiger partial charge in [-0.15, -0.1) is 0 Å². The first-order valence-corrected chi connectivity index (χ1v) is 6.11. The monoisotopic (exact) mass is 283 g/mol. The van der Waals surface area contributed by atoms with Crippen molar-refractivity contribution in [3.05, 3.63) is 23.9 Å². The second-order valence-corrected chi connectivity index (χ2v) is 5.62. The largest absolute Gasteiger partial charge is 0.480 e. The second-order valence-electron chi connectivity index (χ2n) is 3.41. The molecule has 0 radical (unpaired) electrons. The zero-order valence-corrected chi connectivity index (χ0v) is 9.79. The molecular weight excluding hydrogens is 275 g/mol. The molecule has 1 aromatic heterocycles. The first-order chi connectivity index (χ1) is 8.06. The number of hydrogen-bond donors (Lipinski definition) is 1. The van der Waals surface area contributed by atoms with E-state index in [1.807, 2.05) is 0 Å². The smallest absolute Gasteiger partial charge is 0.417 e. The molecule has 5 nitrogen and oxygen atoms in total. The van der Waals surface area contributed by atoms with Gasteiger partial charge in [0.05, 0.1) is 5.56 Å². The lowest BCUT2D eigenvalue weighted by Gasteiger charge is -2.09. The number of halogens is 3. The fourth-order valence-electron chi connectivity index (χ4n) is 1.03. The van der Waals surface area contributed by atoms with Crippen molar-refractivity contribution in [3.8, 4) is 0 Å². The van der Waals surface area contributed by atoms with E-state index in [4.69, 9.17) is 5.11 Å². The molecule has 1 N–H and O–H groups in total. The summed E-state index contributed by atoms with van der Waals surface area (Å²) in [6, 6.07) is 1.17. The lowest BCUT2D eigenvalue weighted by Crippen LogP contribution is -2.27. The third-order valence-electron chi connectivity index (χ3n) is 2.17. The number of carboxylic acid groups (broad SMARTS) is 1. The molecular formula is C9H8F3NO4S. The van der Waals surface area contributed by atoms with Crippen molar-refractivity contribution in [2.24, 2.45) is 0 Å². The topological polar surface area (TPSA) is 84.3 Å². The number of carboxylic acids is 1. The van der Waals surface area contributed by atoms with E-state index < -0.39 is 37.8 Å². The number of nitrogens with zero attached hydrogens (tertiary/aromatic N) is 1. The summed E-state index contributed by atoms with van der Waals surface area (Å²) in [5.74, 6) is -1.60. The minimum Gasteiger partial charge on any atom is -0.480 e. The van der Waals surface area contributed by atoms with Crippen LogP contribution in [0.5, 0.6) is 0 Å². The highest BCUT2D eigenvalue weighted by Crippen LogP contribution is 2.29. The van der Waals surface area contributed by atoms with Gasteiger partial charge >= 0.3 is 12.1 Å². The third kappa shape index (κ3) is 2.78. The summed E-state index contributed by atoms with van der Waals surface area (Å²) >= 11 is 0. The van der Waals surface area contributed by atoms with E-state index in [0.29, 0.717) is 18.3 Å². The quantitative estimate of drug-likeness (QED) is 0.905. The summed E-state index contributed by atoms with van der Waals surface area (Å²) < 4.78 is 59.9. The maximum absolute atomic E-state index is 12.2. The first kappa shape index (κ1) is 14.4. The maximum atomic E-state index is 12.2. The molecule has 0 saturated carbocycles. The Labute approximate surface area is 100 Å². The number of rotatable bonds is 3. The zero-order valence-electron chi connectivity index (χ0n) is 8.97. The molecule has 0 aliphatic rings. The maximum Gasteiger partial charge on any atom is 0.417 e. The minimum atomic E-state index is -4.63. The number of aliphatic carboxylic acids is 1. The van der Waals surface area contributed by atoms with E-state index >= 15 is 0 Å². The van der Waals surface area contributed by atoms with E-state index in [2.05, 4.69) is 4.98 Å². The van der Waals surface area contributed by atoms with Gasteiger partial charge in [-0.05, 0) is 19.1 Å². The Morgan fingerprint density at radius 1 is 1.39 bits per heavy atom. The van der Waals surface area contributed by atoms with Crippen molar-refractivity contribution >= 4 is 15.8 Å². The van der Waals surface area contributed by atoms with Gasteiger partial charge in [0, 0.05) is 6.20 Å². The second kappa shape index (κ2) is 4.56. The molecule has 100 valence electrons. The Kier molecular flexibility index (Phi) is 3.65. The average Bonchev–Trinajstić information content (AvgIpc) is 2.26. The highest BCUT2D eigenvalue weighted by molar-refractivity contribution is 7.92. The molecule has 0 aliphatic heterocycles. The van der Waals surface area contributed by atoms with Crippen molar-refractivity contribution in [1.82, 2.24) is 4.98 Å². The van der Waals surface area contributed by atoms with E-state index in [1.54, 1.807) is 0 Å². The lowest BCUT2D eigenvalue weighted by molar-refractivity contribution is -0.138. The van der Waals surface area contributed by atoms with Gasteiger partial charge in [-0.25, -0.2) is 13.4 Å². The molecule has 0 aliphatic carbocycles. The summed E-state index contributed by atoms with van der Waals surface area (Å²) in [6.07, 6.45) is -4.28. The zero-order chi connectivity index (χ0) is 14.1. The fraction of sp³-hybridized carbons (Fsp3) is 0.333. The predicted octanol–water partition coefficient (Wildman–Crippen LogP) is 1.35. The van der Waals surface area contributed by atoms with E-state index in [9.17, 15) is 26.4 Å². The van der Waals surface area contributed by atoms with Crippen molar-refractivity contribution < 1.29 is 31.5 Å². The number of aromatic nitrogens is 1. The Morgan fingerprint density at radius 3 is 2.28 bits per heavy atom. The lowest BCUT2D eigenvalue weighted by atomic mass is 10.3. The Hall–Kier alpha value is -1.64. The molecule has 0 bridgehead atoms. The summed E-state index contributed by atoms with van der Waals surface area (Å²) in [5.41, 5.74) is -1.11. The minimum absolute atomic E-state index is 0.349. The normalized spacial score (nSPS) is 14.2. The van der Waals surface area contributed by atoms with Crippen LogP contribution in [0.3, 0.4) is 0 Å². The van der Waals surface area contributed by atoms with Crippen LogP contribution in [-0.2, 0) is 20.8 Å². The van der Waals surface area contributed by atoms with E-state index in [-0.39, 0.29) is 0 Å². The van der Waals surface area contributed by atoms with Crippen LogP contribution in [0.15, 0.2) is 23.4 Å². The van der Waals surface area contributed by atoms with Crippen LogP contribution >= 0.6 is 0 Å². The molecule has 1 rings (SSSR count). The van der Waals surface area contributed by atoms with Gasteiger partial charge in [-0.1, -0.05) is 0 Å². The van der Waals surface area contributed by atoms with Crippen LogP contribution in [0.4, 0.5) is 13.2 Å². The number of pyridine rings is 1. The molecule has 18 heavy (non-hydrogen) atoms. The van der Waals surface area contributed by atoms with Crippen LogP contribution < -0.4 is 0 Å². The van der Waals surface area contributed by atoms with Crippen molar-refractivity contribution in [3.63, 3.8) is 0 Å². The molecule has 0 amide bonds. The Bertz CT molecular complexity index is 550. The Morgan fingerprint density at radius 2 is 1.94 bits per heavy atom. The predicted molar refractivity (Wildman–Crippen MR) is 53.5 cm³/mol.